The molecule has 1 fully saturated rings. The van der Waals surface area contributed by atoms with Crippen LogP contribution in [0.2, 0.25) is 0 Å². The maximum absolute atomic E-state index is 12.2. The second-order valence-electron chi connectivity index (χ2n) is 9.43. The topological polar surface area (TPSA) is 89.3 Å². The number of methoxy groups -OCH3 is 1. The van der Waals surface area contributed by atoms with Gasteiger partial charge in [0.15, 0.2) is 11.5 Å². The lowest BCUT2D eigenvalue weighted by Gasteiger charge is -2.32. The zero-order valence-corrected chi connectivity index (χ0v) is 21.6. The Labute approximate surface area is 218 Å². The van der Waals surface area contributed by atoms with Crippen LogP contribution in [0, 0.1) is 0 Å². The van der Waals surface area contributed by atoms with Gasteiger partial charge >= 0.3 is 0 Å². The van der Waals surface area contributed by atoms with E-state index in [1.165, 1.54) is 6.92 Å². The van der Waals surface area contributed by atoms with E-state index >= 15 is 0 Å². The van der Waals surface area contributed by atoms with Gasteiger partial charge in [-0.1, -0.05) is 24.3 Å². The van der Waals surface area contributed by atoms with Gasteiger partial charge in [-0.05, 0) is 35.9 Å². The minimum atomic E-state index is -1.21. The van der Waals surface area contributed by atoms with Crippen LogP contribution in [0.25, 0.3) is 0 Å². The van der Waals surface area contributed by atoms with Gasteiger partial charge in [-0.25, -0.2) is 0 Å². The van der Waals surface area contributed by atoms with Gasteiger partial charge in [0.25, 0.3) is 0 Å². The van der Waals surface area contributed by atoms with Crippen LogP contribution >= 0.6 is 0 Å². The summed E-state index contributed by atoms with van der Waals surface area (Å²) in [7, 11) is 1.63. The number of ether oxygens (including phenoxy) is 3. The first kappa shape index (κ1) is 26.5. The SMILES string of the molecule is COc1ccc(CN2CCN(C(C)=O)C[C@@](O)(COc3ccccc3)C2)cc1OCCCn1cccn1. The number of nitrogens with zero attached hydrogens (tertiary/aromatic N) is 4. The lowest BCUT2D eigenvalue weighted by molar-refractivity contribution is -0.132. The first-order valence-corrected chi connectivity index (χ1v) is 12.6. The molecule has 1 aliphatic rings. The minimum absolute atomic E-state index is 0.0600. The number of benzene rings is 2. The van der Waals surface area contributed by atoms with Crippen LogP contribution in [0.3, 0.4) is 0 Å². The molecule has 0 spiro atoms. The summed E-state index contributed by atoms with van der Waals surface area (Å²) in [6.07, 6.45) is 4.51. The van der Waals surface area contributed by atoms with Crippen molar-refractivity contribution in [3.05, 3.63) is 72.6 Å². The van der Waals surface area contributed by atoms with E-state index in [9.17, 15) is 9.90 Å². The molecule has 1 aromatic heterocycles. The van der Waals surface area contributed by atoms with Crippen LogP contribution in [0.5, 0.6) is 17.2 Å². The van der Waals surface area contributed by atoms with Crippen LogP contribution < -0.4 is 14.2 Å². The average molecular weight is 509 g/mol. The van der Waals surface area contributed by atoms with Gasteiger partial charge in [-0.3, -0.25) is 14.4 Å². The molecular formula is C28H36N4O5. The molecule has 1 aliphatic heterocycles. The molecule has 198 valence electrons. The number of aromatic nitrogens is 2. The maximum atomic E-state index is 12.2. The summed E-state index contributed by atoms with van der Waals surface area (Å²) in [6.45, 7) is 5.29. The molecule has 0 unspecified atom stereocenters. The molecule has 2 aromatic carbocycles. The summed E-state index contributed by atoms with van der Waals surface area (Å²) in [5.41, 5.74) is -0.179. The Morgan fingerprint density at radius 3 is 2.62 bits per heavy atom. The van der Waals surface area contributed by atoms with Crippen molar-refractivity contribution in [2.45, 2.75) is 32.0 Å². The smallest absolute Gasteiger partial charge is 0.219 e. The number of carbonyl (C=O) groups is 1. The Bertz CT molecular complexity index is 1120. The highest BCUT2D eigenvalue weighted by Gasteiger charge is 2.37. The Hall–Kier alpha value is -3.56. The first-order chi connectivity index (χ1) is 17.9. The van der Waals surface area contributed by atoms with Crippen molar-refractivity contribution in [1.82, 2.24) is 19.6 Å². The van der Waals surface area contributed by atoms with E-state index < -0.39 is 5.60 Å². The summed E-state index contributed by atoms with van der Waals surface area (Å²) in [5, 5.41) is 15.7. The Morgan fingerprint density at radius 1 is 1.05 bits per heavy atom. The minimum Gasteiger partial charge on any atom is -0.493 e. The van der Waals surface area contributed by atoms with E-state index in [-0.39, 0.29) is 19.1 Å². The first-order valence-electron chi connectivity index (χ1n) is 12.6. The van der Waals surface area contributed by atoms with Crippen molar-refractivity contribution in [2.24, 2.45) is 0 Å². The number of aliphatic hydroxyl groups is 1. The van der Waals surface area contributed by atoms with Crippen molar-refractivity contribution in [3.63, 3.8) is 0 Å². The van der Waals surface area contributed by atoms with Gasteiger partial charge in [0.2, 0.25) is 5.91 Å². The molecular weight excluding hydrogens is 472 g/mol. The molecule has 1 amide bonds. The number of β-amino-alcohol motifs (C(OH)–C–C–N with tert-alkyl or cyclic N) is 1. The summed E-state index contributed by atoms with van der Waals surface area (Å²) in [5.74, 6) is 1.98. The summed E-state index contributed by atoms with van der Waals surface area (Å²) >= 11 is 0. The van der Waals surface area contributed by atoms with Gasteiger partial charge < -0.3 is 24.2 Å². The molecule has 1 saturated heterocycles. The average Bonchev–Trinajstić information content (AvgIpc) is 3.36. The molecule has 0 aliphatic carbocycles. The monoisotopic (exact) mass is 508 g/mol. The number of aryl methyl sites for hydroxylation is 1. The Kier molecular flexibility index (Phi) is 9.03. The maximum Gasteiger partial charge on any atom is 0.219 e. The van der Waals surface area contributed by atoms with E-state index in [4.69, 9.17) is 14.2 Å². The van der Waals surface area contributed by atoms with Gasteiger partial charge in [0, 0.05) is 58.5 Å². The third-order valence-corrected chi connectivity index (χ3v) is 6.37. The Balaban J connectivity index is 1.41. The molecule has 9 nitrogen and oxygen atoms in total. The van der Waals surface area contributed by atoms with Crippen molar-refractivity contribution in [2.75, 3.05) is 46.5 Å². The van der Waals surface area contributed by atoms with E-state index in [0.29, 0.717) is 50.0 Å². The number of amides is 1. The highest BCUT2D eigenvalue weighted by atomic mass is 16.5. The van der Waals surface area contributed by atoms with Crippen molar-refractivity contribution < 1.29 is 24.1 Å². The molecule has 0 saturated carbocycles. The van der Waals surface area contributed by atoms with Crippen LogP contribution in [0.1, 0.15) is 18.9 Å². The second kappa shape index (κ2) is 12.6. The highest BCUT2D eigenvalue weighted by Crippen LogP contribution is 2.29. The fourth-order valence-electron chi connectivity index (χ4n) is 4.50. The van der Waals surface area contributed by atoms with Gasteiger partial charge in [-0.2, -0.15) is 5.10 Å². The van der Waals surface area contributed by atoms with E-state index in [1.54, 1.807) is 18.2 Å². The third-order valence-electron chi connectivity index (χ3n) is 6.37. The normalized spacial score (nSPS) is 18.3. The number of rotatable bonds is 11. The molecule has 4 rings (SSSR count). The predicted octanol–water partition coefficient (Wildman–Crippen LogP) is 2.84. The van der Waals surface area contributed by atoms with Gasteiger partial charge in [0.1, 0.15) is 18.0 Å². The van der Waals surface area contributed by atoms with Gasteiger partial charge in [-0.15, -0.1) is 0 Å². The van der Waals surface area contributed by atoms with Crippen molar-refractivity contribution in [3.8, 4) is 17.2 Å². The molecule has 1 atom stereocenters. The summed E-state index contributed by atoms with van der Waals surface area (Å²) in [4.78, 5) is 16.1. The van der Waals surface area contributed by atoms with Crippen LogP contribution in [-0.2, 0) is 17.9 Å². The molecule has 3 aromatic rings. The summed E-state index contributed by atoms with van der Waals surface area (Å²) in [6, 6.07) is 17.2. The lowest BCUT2D eigenvalue weighted by Crippen LogP contribution is -2.51. The Morgan fingerprint density at radius 2 is 1.89 bits per heavy atom. The van der Waals surface area contributed by atoms with E-state index in [2.05, 4.69) is 10.00 Å². The number of hydrogen-bond acceptors (Lipinski definition) is 7. The molecule has 0 bridgehead atoms. The summed E-state index contributed by atoms with van der Waals surface area (Å²) < 4.78 is 19.3. The largest absolute Gasteiger partial charge is 0.493 e. The predicted molar refractivity (Wildman–Crippen MR) is 140 cm³/mol. The zero-order chi connectivity index (χ0) is 26.1. The second-order valence-corrected chi connectivity index (χ2v) is 9.43. The molecule has 9 heteroatoms. The standard InChI is InChI=1S/C28H36N4O5/c1-23(33)31-16-15-30(20-28(34,21-31)22-37-25-8-4-3-5-9-25)19-24-10-11-26(35-2)27(18-24)36-17-7-14-32-13-6-12-29-32/h3-6,8-13,18,34H,7,14-17,19-22H2,1-2H3/t28-/m1/s1. The fourth-order valence-corrected chi connectivity index (χ4v) is 4.50. The zero-order valence-electron chi connectivity index (χ0n) is 21.6. The van der Waals surface area contributed by atoms with Crippen LogP contribution in [-0.4, -0.2) is 82.7 Å². The molecule has 2 heterocycles. The van der Waals surface area contributed by atoms with Crippen molar-refractivity contribution in [1.29, 1.82) is 0 Å². The van der Waals surface area contributed by atoms with Crippen molar-refractivity contribution >= 4 is 5.91 Å². The van der Waals surface area contributed by atoms with E-state index in [0.717, 1.165) is 18.5 Å². The van der Waals surface area contributed by atoms with E-state index in [1.807, 2.05) is 65.5 Å². The number of hydrogen-bond donors (Lipinski definition) is 1. The van der Waals surface area contributed by atoms with Crippen LogP contribution in [0.15, 0.2) is 67.0 Å². The number of carbonyl (C=O) groups excluding carboxylic acids is 1. The quantitative estimate of drug-likeness (QED) is 0.399. The van der Waals surface area contributed by atoms with Crippen LogP contribution in [0.4, 0.5) is 0 Å². The molecule has 1 N–H and O–H groups in total. The highest BCUT2D eigenvalue weighted by molar-refractivity contribution is 5.73. The third kappa shape index (κ3) is 7.71. The fraction of sp³-hybridized carbons (Fsp3) is 0.429. The van der Waals surface area contributed by atoms with Gasteiger partial charge in [0.05, 0.1) is 20.3 Å². The molecule has 37 heavy (non-hydrogen) atoms. The molecule has 0 radical (unpaired) electrons. The number of para-hydroxylation sites is 1. The lowest BCUT2D eigenvalue weighted by atomic mass is 10.0.